The van der Waals surface area contributed by atoms with Crippen LogP contribution in [0.25, 0.3) is 0 Å². The fraction of sp³-hybridized carbons (Fsp3) is 0.757. The van der Waals surface area contributed by atoms with Crippen molar-refractivity contribution in [2.75, 3.05) is 13.2 Å². The van der Waals surface area contributed by atoms with Gasteiger partial charge < -0.3 is 14.2 Å². The summed E-state index contributed by atoms with van der Waals surface area (Å²) >= 11 is 0. The smallest absolute Gasteiger partial charge is 0.306 e. The number of unbranched alkanes of at least 4 members (excludes halogenated alkanes) is 34. The van der Waals surface area contributed by atoms with E-state index in [2.05, 4.69) is 106 Å². The summed E-state index contributed by atoms with van der Waals surface area (Å²) < 4.78 is 16.9. The molecule has 1 atom stereocenters. The summed E-state index contributed by atoms with van der Waals surface area (Å²) in [7, 11) is 0. The van der Waals surface area contributed by atoms with Crippen molar-refractivity contribution >= 4 is 17.9 Å². The minimum atomic E-state index is -0.792. The molecule has 0 heterocycles. The number of esters is 3. The number of carbonyl (C=O) groups is 3. The molecule has 0 amide bonds. The van der Waals surface area contributed by atoms with Gasteiger partial charge in [0.1, 0.15) is 13.2 Å². The third kappa shape index (κ3) is 61.4. The van der Waals surface area contributed by atoms with Gasteiger partial charge in [-0.05, 0) is 122 Å². The highest BCUT2D eigenvalue weighted by Gasteiger charge is 2.19. The standard InChI is InChI=1S/C70H122O6/c1-4-7-10-13-16-19-22-25-28-30-32-34-35-37-38-40-42-45-48-51-54-57-60-63-69(72)75-66-67(65-74-68(71)62-59-56-53-50-47-44-27-24-21-18-15-12-9-6-3)76-70(73)64-61-58-55-52-49-46-43-41-39-36-33-31-29-26-23-20-17-14-11-8-5-2/h22-27,30-33,35,37,39,41,67H,4-21,28-29,34,36,38,40,42-66H2,1-3H3/b25-22-,26-23-,27-24-,32-30-,33-31-,37-35-,41-39-. The van der Waals surface area contributed by atoms with Gasteiger partial charge in [-0.3, -0.25) is 14.4 Å². The van der Waals surface area contributed by atoms with E-state index in [0.29, 0.717) is 19.3 Å². The minimum Gasteiger partial charge on any atom is -0.462 e. The van der Waals surface area contributed by atoms with Crippen LogP contribution in [0.5, 0.6) is 0 Å². The molecule has 0 aliphatic heterocycles. The zero-order valence-electron chi connectivity index (χ0n) is 50.3. The Morgan fingerprint density at radius 3 is 0.750 bits per heavy atom. The molecule has 0 N–H and O–H groups in total. The highest BCUT2D eigenvalue weighted by Crippen LogP contribution is 2.15. The summed E-state index contributed by atoms with van der Waals surface area (Å²) in [5.74, 6) is -0.904. The number of hydrogen-bond donors (Lipinski definition) is 0. The Hall–Kier alpha value is -3.41. The van der Waals surface area contributed by atoms with E-state index < -0.39 is 6.10 Å². The van der Waals surface area contributed by atoms with Gasteiger partial charge in [0, 0.05) is 19.3 Å². The molecule has 0 saturated carbocycles. The van der Waals surface area contributed by atoms with Gasteiger partial charge in [-0.2, -0.15) is 0 Å². The third-order valence-electron chi connectivity index (χ3n) is 14.1. The Balaban J connectivity index is 4.39. The molecular weight excluding hydrogens is 937 g/mol. The maximum absolute atomic E-state index is 12.9. The van der Waals surface area contributed by atoms with Crippen LogP contribution in [0, 0.1) is 0 Å². The number of ether oxygens (including phenoxy) is 3. The molecule has 438 valence electrons. The zero-order chi connectivity index (χ0) is 55.0. The Morgan fingerprint density at radius 1 is 0.263 bits per heavy atom. The lowest BCUT2D eigenvalue weighted by Crippen LogP contribution is -2.30. The highest BCUT2D eigenvalue weighted by atomic mass is 16.6. The van der Waals surface area contributed by atoms with E-state index in [1.54, 1.807) is 0 Å². The van der Waals surface area contributed by atoms with Gasteiger partial charge in [0.25, 0.3) is 0 Å². The maximum Gasteiger partial charge on any atom is 0.306 e. The molecule has 0 radical (unpaired) electrons. The molecule has 0 saturated heterocycles. The first-order valence-corrected chi connectivity index (χ1v) is 32.6. The van der Waals surface area contributed by atoms with E-state index in [4.69, 9.17) is 14.2 Å². The van der Waals surface area contributed by atoms with Crippen LogP contribution in [0.1, 0.15) is 323 Å². The molecule has 0 aromatic rings. The summed E-state index contributed by atoms with van der Waals surface area (Å²) in [5.41, 5.74) is 0. The number of rotatable bonds is 59. The van der Waals surface area contributed by atoms with E-state index in [9.17, 15) is 14.4 Å². The molecule has 1 unspecified atom stereocenters. The van der Waals surface area contributed by atoms with Crippen molar-refractivity contribution < 1.29 is 28.6 Å². The van der Waals surface area contributed by atoms with Crippen molar-refractivity contribution in [3.8, 4) is 0 Å². The Labute approximate surface area is 471 Å². The summed E-state index contributed by atoms with van der Waals surface area (Å²) in [6.45, 7) is 6.61. The third-order valence-corrected chi connectivity index (χ3v) is 14.1. The highest BCUT2D eigenvalue weighted by molar-refractivity contribution is 5.71. The number of carbonyl (C=O) groups excluding carboxylic acids is 3. The molecule has 0 fully saturated rings. The predicted molar refractivity (Wildman–Crippen MR) is 330 cm³/mol. The summed E-state index contributed by atoms with van der Waals surface area (Å²) in [5, 5.41) is 0. The maximum atomic E-state index is 12.9. The number of hydrogen-bond acceptors (Lipinski definition) is 6. The van der Waals surface area contributed by atoms with Gasteiger partial charge in [-0.25, -0.2) is 0 Å². The van der Waals surface area contributed by atoms with Crippen molar-refractivity contribution in [1.82, 2.24) is 0 Å². The molecule has 76 heavy (non-hydrogen) atoms. The van der Waals surface area contributed by atoms with E-state index in [-0.39, 0.29) is 31.1 Å². The lowest BCUT2D eigenvalue weighted by molar-refractivity contribution is -0.167. The lowest BCUT2D eigenvalue weighted by atomic mass is 10.1. The van der Waals surface area contributed by atoms with Crippen LogP contribution in [0.15, 0.2) is 85.1 Å². The molecule has 0 bridgehead atoms. The summed E-state index contributed by atoms with van der Waals surface area (Å²) in [6.07, 6.45) is 84.4. The quantitative estimate of drug-likeness (QED) is 0.0261. The van der Waals surface area contributed by atoms with Crippen molar-refractivity contribution in [2.45, 2.75) is 329 Å². The largest absolute Gasteiger partial charge is 0.462 e. The van der Waals surface area contributed by atoms with E-state index >= 15 is 0 Å². The van der Waals surface area contributed by atoms with Crippen LogP contribution in [0.4, 0.5) is 0 Å². The zero-order valence-corrected chi connectivity index (χ0v) is 50.3. The fourth-order valence-corrected chi connectivity index (χ4v) is 9.16. The number of allylic oxidation sites excluding steroid dienone is 14. The van der Waals surface area contributed by atoms with Crippen LogP contribution in [0.2, 0.25) is 0 Å². The van der Waals surface area contributed by atoms with Gasteiger partial charge in [0.05, 0.1) is 0 Å². The van der Waals surface area contributed by atoms with E-state index in [1.165, 1.54) is 173 Å². The van der Waals surface area contributed by atoms with Crippen LogP contribution in [-0.4, -0.2) is 37.2 Å². The van der Waals surface area contributed by atoms with Crippen LogP contribution < -0.4 is 0 Å². The second-order valence-corrected chi connectivity index (χ2v) is 21.7. The monoisotopic (exact) mass is 1060 g/mol. The fourth-order valence-electron chi connectivity index (χ4n) is 9.16. The van der Waals surface area contributed by atoms with Crippen LogP contribution in [-0.2, 0) is 28.6 Å². The van der Waals surface area contributed by atoms with Gasteiger partial charge >= 0.3 is 17.9 Å². The predicted octanol–water partition coefficient (Wildman–Crippen LogP) is 22.3. The Kier molecular flexibility index (Phi) is 61.2. The van der Waals surface area contributed by atoms with Crippen molar-refractivity contribution in [2.24, 2.45) is 0 Å². The van der Waals surface area contributed by atoms with Crippen molar-refractivity contribution in [3.05, 3.63) is 85.1 Å². The topological polar surface area (TPSA) is 78.9 Å². The Bertz CT molecular complexity index is 1450. The first-order valence-electron chi connectivity index (χ1n) is 32.6. The molecule has 0 rings (SSSR count). The van der Waals surface area contributed by atoms with Gasteiger partial charge in [0.15, 0.2) is 6.10 Å². The molecular formula is C70H122O6. The molecule has 6 heteroatoms. The average Bonchev–Trinajstić information content (AvgIpc) is 3.42. The van der Waals surface area contributed by atoms with Crippen LogP contribution >= 0.6 is 0 Å². The average molecular weight is 1060 g/mol. The van der Waals surface area contributed by atoms with Gasteiger partial charge in [-0.1, -0.05) is 266 Å². The van der Waals surface area contributed by atoms with Crippen molar-refractivity contribution in [3.63, 3.8) is 0 Å². The van der Waals surface area contributed by atoms with Crippen LogP contribution in [0.3, 0.4) is 0 Å². The van der Waals surface area contributed by atoms with Crippen molar-refractivity contribution in [1.29, 1.82) is 0 Å². The molecule has 0 aromatic heterocycles. The molecule has 0 aromatic carbocycles. The summed E-state index contributed by atoms with van der Waals surface area (Å²) in [6, 6.07) is 0. The van der Waals surface area contributed by atoms with E-state index in [0.717, 1.165) is 109 Å². The molecule has 0 aliphatic rings. The minimum absolute atomic E-state index is 0.0879. The Morgan fingerprint density at radius 2 is 0.474 bits per heavy atom. The van der Waals surface area contributed by atoms with Gasteiger partial charge in [-0.15, -0.1) is 0 Å². The van der Waals surface area contributed by atoms with E-state index in [1.807, 2.05) is 0 Å². The first-order chi connectivity index (χ1) is 37.5. The summed E-state index contributed by atoms with van der Waals surface area (Å²) in [4.78, 5) is 38.3. The first kappa shape index (κ1) is 72.6. The second kappa shape index (κ2) is 64.1. The second-order valence-electron chi connectivity index (χ2n) is 21.7. The molecule has 0 spiro atoms. The molecule has 6 nitrogen and oxygen atoms in total. The SMILES string of the molecule is CCCCCCC/C=C\C/C=C\C/C=C\CCCCCCCCCCC(=O)OCC(COC(=O)CCCCCCC/C=C\CCCCCCC)OC(=O)CCCCCCCC/C=C\C/C=C\C/C=C\CCCCCCC. The normalized spacial score (nSPS) is 12.6. The van der Waals surface area contributed by atoms with Gasteiger partial charge in [0.2, 0.25) is 0 Å². The molecule has 0 aliphatic carbocycles. The lowest BCUT2D eigenvalue weighted by Gasteiger charge is -2.18.